The molecule has 32 heavy (non-hydrogen) atoms. The lowest BCUT2D eigenvalue weighted by molar-refractivity contribution is -0.134. The number of rotatable bonds is 7. The van der Waals surface area contributed by atoms with Crippen LogP contribution in [0.15, 0.2) is 60.2 Å². The average Bonchev–Trinajstić information content (AvgIpc) is 3.52. The van der Waals surface area contributed by atoms with Gasteiger partial charge in [0.2, 0.25) is 5.91 Å². The number of aryl methyl sites for hydroxylation is 1. The number of aromatic nitrogens is 2. The summed E-state index contributed by atoms with van der Waals surface area (Å²) in [6, 6.07) is 14.1. The van der Waals surface area contributed by atoms with Crippen LogP contribution in [0.4, 0.5) is 0 Å². The van der Waals surface area contributed by atoms with Gasteiger partial charge in [0.25, 0.3) is 5.91 Å². The summed E-state index contributed by atoms with van der Waals surface area (Å²) >= 11 is 1.49. The fourth-order valence-corrected chi connectivity index (χ4v) is 5.25. The zero-order valence-electron chi connectivity index (χ0n) is 18.7. The Bertz CT molecular complexity index is 1020. The Morgan fingerprint density at radius 2 is 1.94 bits per heavy atom. The summed E-state index contributed by atoms with van der Waals surface area (Å²) in [6.45, 7) is 3.82. The number of thiophene rings is 1. The number of hydrogen-bond donors (Lipinski definition) is 0. The van der Waals surface area contributed by atoms with Crippen LogP contribution in [0.25, 0.3) is 0 Å². The third-order valence-electron chi connectivity index (χ3n) is 6.54. The van der Waals surface area contributed by atoms with Gasteiger partial charge < -0.3 is 9.80 Å². The third kappa shape index (κ3) is 5.10. The maximum absolute atomic E-state index is 13.1. The van der Waals surface area contributed by atoms with Gasteiger partial charge in [-0.1, -0.05) is 30.3 Å². The molecule has 0 unspecified atom stereocenters. The summed E-state index contributed by atoms with van der Waals surface area (Å²) in [6.07, 6.45) is 6.12. The topological polar surface area (TPSA) is 58.4 Å². The molecule has 7 heteroatoms. The lowest BCUT2D eigenvalue weighted by Crippen LogP contribution is -2.49. The third-order valence-corrected chi connectivity index (χ3v) is 7.40. The van der Waals surface area contributed by atoms with E-state index in [4.69, 9.17) is 0 Å². The number of amides is 2. The summed E-state index contributed by atoms with van der Waals surface area (Å²) in [5, 5.41) is 6.13. The molecule has 6 nitrogen and oxygen atoms in total. The van der Waals surface area contributed by atoms with Crippen molar-refractivity contribution in [1.82, 2.24) is 19.6 Å². The predicted octanol–water partition coefficient (Wildman–Crippen LogP) is 3.88. The minimum absolute atomic E-state index is 0.0596. The van der Waals surface area contributed by atoms with E-state index < -0.39 is 0 Å². The molecular formula is C25H30N4O2S. The number of nitrogens with zero attached hydrogens (tertiary/aromatic N) is 4. The largest absolute Gasteiger partial charge is 0.341 e. The quantitative estimate of drug-likeness (QED) is 0.549. The van der Waals surface area contributed by atoms with Crippen molar-refractivity contribution in [3.05, 3.63) is 76.2 Å². The normalized spacial score (nSPS) is 15.5. The standard InChI is InChI=1S/C25H30N4O2S/c1-19-7-3-4-8-21(19)17-22(27(2)24(30)18-29-13-6-12-26-29)20-10-14-28(15-11-20)25(31)23-9-5-16-32-23/h3-9,12-13,16,20,22H,10-11,14-15,17-18H2,1-2H3/t22-/m1/s1. The first kappa shape index (κ1) is 22.3. The Balaban J connectivity index is 1.48. The highest BCUT2D eigenvalue weighted by Crippen LogP contribution is 2.28. The summed E-state index contributed by atoms with van der Waals surface area (Å²) in [4.78, 5) is 30.5. The minimum atomic E-state index is 0.0596. The van der Waals surface area contributed by atoms with Crippen LogP contribution < -0.4 is 0 Å². The SMILES string of the molecule is Cc1ccccc1C[C@H](C1CCN(C(=O)c2cccs2)CC1)N(C)C(=O)Cn1cccn1. The number of hydrogen-bond acceptors (Lipinski definition) is 4. The Hall–Kier alpha value is -2.93. The van der Waals surface area contributed by atoms with Crippen molar-refractivity contribution >= 4 is 23.2 Å². The van der Waals surface area contributed by atoms with Crippen molar-refractivity contribution in [1.29, 1.82) is 0 Å². The van der Waals surface area contributed by atoms with Gasteiger partial charge in [-0.2, -0.15) is 5.10 Å². The molecule has 1 aromatic carbocycles. The average molecular weight is 451 g/mol. The zero-order chi connectivity index (χ0) is 22.5. The van der Waals surface area contributed by atoms with E-state index in [1.54, 1.807) is 10.9 Å². The Morgan fingerprint density at radius 3 is 2.59 bits per heavy atom. The van der Waals surface area contributed by atoms with Crippen molar-refractivity contribution in [2.75, 3.05) is 20.1 Å². The van der Waals surface area contributed by atoms with Crippen molar-refractivity contribution in [3.63, 3.8) is 0 Å². The monoisotopic (exact) mass is 450 g/mol. The van der Waals surface area contributed by atoms with E-state index in [0.717, 1.165) is 37.2 Å². The van der Waals surface area contributed by atoms with Crippen LogP contribution in [0, 0.1) is 12.8 Å². The van der Waals surface area contributed by atoms with E-state index in [9.17, 15) is 9.59 Å². The van der Waals surface area contributed by atoms with Gasteiger partial charge in [-0.15, -0.1) is 11.3 Å². The smallest absolute Gasteiger partial charge is 0.263 e. The fraction of sp³-hybridized carbons (Fsp3) is 0.400. The molecule has 4 rings (SSSR count). The van der Waals surface area contributed by atoms with Gasteiger partial charge in [-0.3, -0.25) is 14.3 Å². The summed E-state index contributed by atoms with van der Waals surface area (Å²) in [5.74, 6) is 0.523. The molecule has 0 N–H and O–H groups in total. The molecule has 0 bridgehead atoms. The van der Waals surface area contributed by atoms with Gasteiger partial charge in [0, 0.05) is 38.6 Å². The molecule has 1 aliphatic heterocycles. The molecule has 0 radical (unpaired) electrons. The van der Waals surface area contributed by atoms with Crippen LogP contribution in [-0.4, -0.2) is 57.6 Å². The lowest BCUT2D eigenvalue weighted by atomic mass is 9.84. The Labute approximate surface area is 193 Å². The Morgan fingerprint density at radius 1 is 1.16 bits per heavy atom. The molecule has 3 aromatic rings. The van der Waals surface area contributed by atoms with E-state index in [-0.39, 0.29) is 24.4 Å². The van der Waals surface area contributed by atoms with Gasteiger partial charge in [0.05, 0.1) is 4.88 Å². The molecule has 1 saturated heterocycles. The molecule has 2 amide bonds. The van der Waals surface area contributed by atoms with E-state index in [1.165, 1.54) is 22.5 Å². The highest BCUT2D eigenvalue weighted by molar-refractivity contribution is 7.12. The van der Waals surface area contributed by atoms with Crippen LogP contribution in [0.3, 0.4) is 0 Å². The number of likely N-dealkylation sites (N-methyl/N-ethyl adjacent to an activating group) is 1. The van der Waals surface area contributed by atoms with E-state index >= 15 is 0 Å². The lowest BCUT2D eigenvalue weighted by Gasteiger charge is -2.40. The molecule has 1 aliphatic rings. The molecule has 0 spiro atoms. The molecule has 0 aliphatic carbocycles. The maximum atomic E-state index is 13.1. The van der Waals surface area contributed by atoms with Crippen LogP contribution in [-0.2, 0) is 17.8 Å². The summed E-state index contributed by atoms with van der Waals surface area (Å²) < 4.78 is 1.67. The molecule has 2 aromatic heterocycles. The highest BCUT2D eigenvalue weighted by atomic mass is 32.1. The van der Waals surface area contributed by atoms with Gasteiger partial charge in [0.1, 0.15) is 6.54 Å². The Kier molecular flexibility index (Phi) is 7.05. The first-order valence-corrected chi connectivity index (χ1v) is 12.0. The first-order chi connectivity index (χ1) is 15.5. The number of carbonyl (C=O) groups is 2. The number of carbonyl (C=O) groups excluding carboxylic acids is 2. The van der Waals surface area contributed by atoms with Gasteiger partial charge in [0.15, 0.2) is 0 Å². The molecule has 1 fully saturated rings. The summed E-state index contributed by atoms with van der Waals surface area (Å²) in [7, 11) is 1.91. The van der Waals surface area contributed by atoms with E-state index in [0.29, 0.717) is 5.92 Å². The highest BCUT2D eigenvalue weighted by Gasteiger charge is 2.33. The second-order valence-corrected chi connectivity index (χ2v) is 9.46. The number of likely N-dealkylation sites (tertiary alicyclic amines) is 1. The van der Waals surface area contributed by atoms with E-state index in [1.807, 2.05) is 46.6 Å². The van der Waals surface area contributed by atoms with Gasteiger partial charge >= 0.3 is 0 Å². The number of benzene rings is 1. The maximum Gasteiger partial charge on any atom is 0.263 e. The van der Waals surface area contributed by atoms with Crippen molar-refractivity contribution in [3.8, 4) is 0 Å². The fourth-order valence-electron chi connectivity index (χ4n) is 4.56. The van der Waals surface area contributed by atoms with Crippen molar-refractivity contribution in [2.24, 2.45) is 5.92 Å². The molecule has 0 saturated carbocycles. The van der Waals surface area contributed by atoms with Crippen LogP contribution in [0.5, 0.6) is 0 Å². The minimum Gasteiger partial charge on any atom is -0.341 e. The molecule has 1 atom stereocenters. The summed E-state index contributed by atoms with van der Waals surface area (Å²) in [5.41, 5.74) is 2.52. The zero-order valence-corrected chi connectivity index (χ0v) is 19.5. The van der Waals surface area contributed by atoms with Gasteiger partial charge in [-0.25, -0.2) is 0 Å². The van der Waals surface area contributed by atoms with Crippen molar-refractivity contribution in [2.45, 2.75) is 38.8 Å². The second kappa shape index (κ2) is 10.1. The molecule has 168 valence electrons. The molecular weight excluding hydrogens is 420 g/mol. The number of piperidine rings is 1. The predicted molar refractivity (Wildman–Crippen MR) is 127 cm³/mol. The van der Waals surface area contributed by atoms with Crippen LogP contribution in [0.2, 0.25) is 0 Å². The first-order valence-electron chi connectivity index (χ1n) is 11.1. The van der Waals surface area contributed by atoms with E-state index in [2.05, 4.69) is 36.3 Å². The van der Waals surface area contributed by atoms with Crippen LogP contribution >= 0.6 is 11.3 Å². The van der Waals surface area contributed by atoms with Crippen molar-refractivity contribution < 1.29 is 9.59 Å². The molecule has 3 heterocycles. The second-order valence-electron chi connectivity index (χ2n) is 8.51. The van der Waals surface area contributed by atoms with Gasteiger partial charge in [-0.05, 0) is 60.7 Å². The van der Waals surface area contributed by atoms with Crippen LogP contribution in [0.1, 0.15) is 33.6 Å².